The predicted octanol–water partition coefficient (Wildman–Crippen LogP) is 3.12. The van der Waals surface area contributed by atoms with Gasteiger partial charge < -0.3 is 5.73 Å². The molecule has 6 heteroatoms. The van der Waals surface area contributed by atoms with Crippen LogP contribution in [0.25, 0.3) is 0 Å². The molecule has 2 aromatic carbocycles. The SMILES string of the molecule is Br.CC(N)(c1ccccc1)c1ccccc1.O=[P+](O)O. The van der Waals surface area contributed by atoms with Gasteiger partial charge in [-0.3, -0.25) is 0 Å². The molecular weight excluding hydrogens is 341 g/mol. The summed E-state index contributed by atoms with van der Waals surface area (Å²) in [7, 11) is -2.87. The lowest BCUT2D eigenvalue weighted by Gasteiger charge is -2.25. The van der Waals surface area contributed by atoms with Crippen LogP contribution in [0.1, 0.15) is 18.1 Å². The molecule has 2 rings (SSSR count). The van der Waals surface area contributed by atoms with Crippen molar-refractivity contribution >= 4 is 25.2 Å². The van der Waals surface area contributed by atoms with Crippen LogP contribution in [0.3, 0.4) is 0 Å². The van der Waals surface area contributed by atoms with Crippen molar-refractivity contribution in [1.82, 2.24) is 0 Å². The quantitative estimate of drug-likeness (QED) is 0.720. The number of hydrogen-bond acceptors (Lipinski definition) is 2. The topological polar surface area (TPSA) is 83.6 Å². The number of benzene rings is 2. The van der Waals surface area contributed by atoms with E-state index in [1.165, 1.54) is 0 Å². The van der Waals surface area contributed by atoms with E-state index >= 15 is 0 Å². The Morgan fingerprint density at radius 2 is 1.15 bits per heavy atom. The first-order valence-corrected chi connectivity index (χ1v) is 6.86. The average Bonchev–Trinajstić information content (AvgIpc) is 2.40. The van der Waals surface area contributed by atoms with Gasteiger partial charge in [-0.15, -0.1) is 26.8 Å². The molecule has 4 N–H and O–H groups in total. The Morgan fingerprint density at radius 1 is 0.900 bits per heavy atom. The van der Waals surface area contributed by atoms with Crippen LogP contribution in [0.4, 0.5) is 0 Å². The number of halogens is 1. The largest absolute Gasteiger partial charge is 0.692 e. The Morgan fingerprint density at radius 3 is 1.40 bits per heavy atom. The summed E-state index contributed by atoms with van der Waals surface area (Å²) in [4.78, 5) is 14.2. The van der Waals surface area contributed by atoms with Crippen molar-refractivity contribution in [2.24, 2.45) is 5.73 Å². The average molecular weight is 359 g/mol. The van der Waals surface area contributed by atoms with Gasteiger partial charge in [0.2, 0.25) is 0 Å². The van der Waals surface area contributed by atoms with Crippen LogP contribution in [-0.4, -0.2) is 9.79 Å². The molecule has 0 radical (unpaired) electrons. The lowest BCUT2D eigenvalue weighted by molar-refractivity contribution is 0.405. The van der Waals surface area contributed by atoms with Crippen molar-refractivity contribution in [3.63, 3.8) is 0 Å². The molecule has 0 amide bonds. The van der Waals surface area contributed by atoms with Crippen molar-refractivity contribution in [3.05, 3.63) is 71.8 Å². The molecule has 0 aromatic heterocycles. The van der Waals surface area contributed by atoms with E-state index in [-0.39, 0.29) is 17.0 Å². The lowest BCUT2D eigenvalue weighted by atomic mass is 9.86. The highest BCUT2D eigenvalue weighted by Gasteiger charge is 2.22. The highest BCUT2D eigenvalue weighted by atomic mass is 79.9. The van der Waals surface area contributed by atoms with E-state index in [1.807, 2.05) is 43.3 Å². The zero-order valence-electron chi connectivity index (χ0n) is 11.0. The van der Waals surface area contributed by atoms with E-state index in [1.54, 1.807) is 0 Å². The maximum atomic E-state index is 8.70. The highest BCUT2D eigenvalue weighted by Crippen LogP contribution is 2.25. The molecule has 0 spiro atoms. The zero-order chi connectivity index (χ0) is 14.3. The van der Waals surface area contributed by atoms with Crippen molar-refractivity contribution in [2.45, 2.75) is 12.5 Å². The fourth-order valence-electron chi connectivity index (χ4n) is 1.74. The van der Waals surface area contributed by atoms with Crippen molar-refractivity contribution in [1.29, 1.82) is 0 Å². The smallest absolute Gasteiger partial charge is 0.318 e. The van der Waals surface area contributed by atoms with E-state index in [0.29, 0.717) is 0 Å². The van der Waals surface area contributed by atoms with E-state index in [9.17, 15) is 0 Å². The van der Waals surface area contributed by atoms with Gasteiger partial charge in [-0.2, -0.15) is 0 Å². The monoisotopic (exact) mass is 358 g/mol. The fourth-order valence-corrected chi connectivity index (χ4v) is 1.74. The van der Waals surface area contributed by atoms with Crippen molar-refractivity contribution in [2.75, 3.05) is 0 Å². The molecule has 0 saturated heterocycles. The minimum atomic E-state index is -2.87. The molecule has 20 heavy (non-hydrogen) atoms. The number of rotatable bonds is 2. The summed E-state index contributed by atoms with van der Waals surface area (Å²) in [6.07, 6.45) is 0. The van der Waals surface area contributed by atoms with Crippen LogP contribution in [0.2, 0.25) is 0 Å². The summed E-state index contributed by atoms with van der Waals surface area (Å²) in [5.41, 5.74) is 8.22. The summed E-state index contributed by atoms with van der Waals surface area (Å²) in [6, 6.07) is 20.3. The Hall–Kier alpha value is -1.10. The Kier molecular flexibility index (Phi) is 8.46. The molecule has 0 heterocycles. The van der Waals surface area contributed by atoms with Crippen LogP contribution in [0.5, 0.6) is 0 Å². The van der Waals surface area contributed by atoms with Gasteiger partial charge in [0.15, 0.2) is 0 Å². The number of hydrogen-bond donors (Lipinski definition) is 3. The van der Waals surface area contributed by atoms with Gasteiger partial charge in [0.05, 0.1) is 5.54 Å². The lowest BCUT2D eigenvalue weighted by Crippen LogP contribution is -2.34. The molecule has 0 aliphatic rings. The van der Waals surface area contributed by atoms with E-state index in [0.717, 1.165) is 11.1 Å². The van der Waals surface area contributed by atoms with Gasteiger partial charge in [-0.1, -0.05) is 60.7 Å². The molecule has 0 aliphatic carbocycles. The molecule has 0 unspecified atom stereocenters. The summed E-state index contributed by atoms with van der Waals surface area (Å²) in [5, 5.41) is 0. The van der Waals surface area contributed by atoms with Crippen molar-refractivity contribution in [3.8, 4) is 0 Å². The van der Waals surface area contributed by atoms with Crippen molar-refractivity contribution < 1.29 is 14.4 Å². The van der Waals surface area contributed by atoms with Crippen LogP contribution < -0.4 is 5.73 Å². The van der Waals surface area contributed by atoms with Crippen LogP contribution in [0.15, 0.2) is 60.7 Å². The van der Waals surface area contributed by atoms with Crippen LogP contribution in [-0.2, 0) is 10.1 Å². The minimum absolute atomic E-state index is 0. The molecule has 0 bridgehead atoms. The van der Waals surface area contributed by atoms with E-state index in [4.69, 9.17) is 20.1 Å². The zero-order valence-corrected chi connectivity index (χ0v) is 13.6. The molecule has 0 aliphatic heterocycles. The molecular formula is C14H18BrNO3P+. The van der Waals surface area contributed by atoms with Gasteiger partial charge in [0.1, 0.15) is 0 Å². The Balaban J connectivity index is 0.000000644. The molecule has 4 nitrogen and oxygen atoms in total. The van der Waals surface area contributed by atoms with Gasteiger partial charge in [0, 0.05) is 4.57 Å². The third-order valence-electron chi connectivity index (χ3n) is 2.75. The second-order valence-electron chi connectivity index (χ2n) is 4.19. The van der Waals surface area contributed by atoms with Crippen LogP contribution >= 0.6 is 25.2 Å². The molecule has 0 atom stereocenters. The number of nitrogens with two attached hydrogens (primary N) is 1. The first-order valence-electron chi connectivity index (χ1n) is 5.69. The van der Waals surface area contributed by atoms with Gasteiger partial charge in [0.25, 0.3) is 0 Å². The summed E-state index contributed by atoms with van der Waals surface area (Å²) in [6.45, 7) is 2.04. The van der Waals surface area contributed by atoms with Gasteiger partial charge >= 0.3 is 8.25 Å². The first kappa shape index (κ1) is 18.9. The predicted molar refractivity (Wildman–Crippen MR) is 85.9 cm³/mol. The fraction of sp³-hybridized carbons (Fsp3) is 0.143. The Labute approximate surface area is 130 Å². The first-order chi connectivity index (χ1) is 8.94. The minimum Gasteiger partial charge on any atom is -0.318 e. The summed E-state index contributed by atoms with van der Waals surface area (Å²) >= 11 is 0. The second-order valence-corrected chi connectivity index (χ2v) is 4.69. The van der Waals surface area contributed by atoms with E-state index in [2.05, 4.69) is 24.3 Å². The molecule has 2 aromatic rings. The molecule has 0 fully saturated rings. The molecule has 0 saturated carbocycles. The second kappa shape index (κ2) is 8.95. The Bertz CT molecular complexity index is 475. The standard InChI is InChI=1S/C14H15N.BrH.HO3P/c1-14(15,12-8-4-2-5-9-12)13-10-6-3-7-11-13;;1-4(2)3/h2-11H,15H2,1H3;1H;(H-,1,2,3)/p+1. The third kappa shape index (κ3) is 5.90. The highest BCUT2D eigenvalue weighted by molar-refractivity contribution is 8.93. The van der Waals surface area contributed by atoms with E-state index < -0.39 is 13.8 Å². The van der Waals surface area contributed by atoms with Crippen LogP contribution in [0, 0.1) is 0 Å². The normalized spacial score (nSPS) is 9.80. The summed E-state index contributed by atoms with van der Waals surface area (Å²) in [5.74, 6) is 0. The maximum Gasteiger partial charge on any atom is 0.692 e. The van der Waals surface area contributed by atoms with Gasteiger partial charge in [-0.05, 0) is 18.1 Å². The molecule has 108 valence electrons. The third-order valence-corrected chi connectivity index (χ3v) is 2.75. The summed E-state index contributed by atoms with van der Waals surface area (Å²) < 4.78 is 8.70. The van der Waals surface area contributed by atoms with Gasteiger partial charge in [-0.25, -0.2) is 0 Å². The maximum absolute atomic E-state index is 8.70.